The van der Waals surface area contributed by atoms with Crippen LogP contribution in [0.5, 0.6) is 5.75 Å². The van der Waals surface area contributed by atoms with Crippen LogP contribution < -0.4 is 15.5 Å². The number of carboxylic acid groups (broad SMARTS) is 1. The van der Waals surface area contributed by atoms with Crippen LogP contribution in [-0.2, 0) is 14.4 Å². The summed E-state index contributed by atoms with van der Waals surface area (Å²) in [5.74, 6) is -3.42. The molecule has 0 spiro atoms. The number of carbonyl (C=O) groups is 4. The monoisotopic (exact) mass is 513 g/mol. The number of carbonyl (C=O) groups excluding carboxylic acids is 3. The number of aromatic carboxylic acids is 1. The van der Waals surface area contributed by atoms with Crippen molar-refractivity contribution < 1.29 is 29.4 Å². The number of anilines is 3. The summed E-state index contributed by atoms with van der Waals surface area (Å²) in [6, 6.07) is 14.7. The fourth-order valence-corrected chi connectivity index (χ4v) is 3.60. The van der Waals surface area contributed by atoms with E-state index in [9.17, 15) is 29.4 Å². The van der Waals surface area contributed by atoms with Gasteiger partial charge in [0.1, 0.15) is 11.5 Å². The standard InChI is InChI=1S/C27H23N5O6/c1-14(33)30-18-7-5-17(6-8-18)19-12-24(35)21(11-23(19)32(3)15(2)34)25(29)26(36)31-22-9-4-16(13-28)10-20(22)27(37)38/h4-12,29,35H,1-3H3,(H,30,33)(H,31,36)(H,37,38). The van der Waals surface area contributed by atoms with E-state index in [4.69, 9.17) is 10.7 Å². The number of hydrogen-bond acceptors (Lipinski definition) is 7. The predicted molar refractivity (Wildman–Crippen MR) is 141 cm³/mol. The van der Waals surface area contributed by atoms with Crippen LogP contribution in [0.1, 0.15) is 35.3 Å². The Morgan fingerprint density at radius 1 is 0.947 bits per heavy atom. The van der Waals surface area contributed by atoms with Gasteiger partial charge in [0.25, 0.3) is 5.91 Å². The van der Waals surface area contributed by atoms with Gasteiger partial charge in [-0.05, 0) is 48.0 Å². The van der Waals surface area contributed by atoms with Gasteiger partial charge in [-0.15, -0.1) is 0 Å². The van der Waals surface area contributed by atoms with Crippen LogP contribution >= 0.6 is 0 Å². The first-order chi connectivity index (χ1) is 17.9. The van der Waals surface area contributed by atoms with Crippen LogP contribution in [0.3, 0.4) is 0 Å². The maximum Gasteiger partial charge on any atom is 0.337 e. The molecule has 3 rings (SSSR count). The van der Waals surface area contributed by atoms with E-state index in [2.05, 4.69) is 10.6 Å². The first kappa shape index (κ1) is 27.1. The number of phenols is 1. The van der Waals surface area contributed by atoms with Gasteiger partial charge in [0.05, 0.1) is 28.6 Å². The summed E-state index contributed by atoms with van der Waals surface area (Å²) < 4.78 is 0. The minimum atomic E-state index is -1.38. The van der Waals surface area contributed by atoms with Crippen LogP contribution in [0.2, 0.25) is 0 Å². The third kappa shape index (κ3) is 5.83. The molecule has 0 aliphatic carbocycles. The average molecular weight is 514 g/mol. The van der Waals surface area contributed by atoms with Crippen LogP contribution in [0, 0.1) is 16.7 Å². The van der Waals surface area contributed by atoms with Crippen molar-refractivity contribution in [2.45, 2.75) is 13.8 Å². The van der Waals surface area contributed by atoms with Crippen LogP contribution in [0.25, 0.3) is 11.1 Å². The van der Waals surface area contributed by atoms with E-state index in [1.165, 1.54) is 50.1 Å². The Kier molecular flexibility index (Phi) is 7.88. The minimum absolute atomic E-state index is 0.0747. The summed E-state index contributed by atoms with van der Waals surface area (Å²) in [6.45, 7) is 2.70. The molecule has 3 amide bonds. The van der Waals surface area contributed by atoms with Gasteiger partial charge in [0, 0.05) is 37.7 Å². The fourth-order valence-electron chi connectivity index (χ4n) is 3.60. The Balaban J connectivity index is 2.02. The van der Waals surface area contributed by atoms with Gasteiger partial charge in [0.15, 0.2) is 0 Å². The summed E-state index contributed by atoms with van der Waals surface area (Å²) in [5.41, 5.74) is 0.558. The van der Waals surface area contributed by atoms with Crippen molar-refractivity contribution in [2.24, 2.45) is 0 Å². The van der Waals surface area contributed by atoms with Gasteiger partial charge >= 0.3 is 5.97 Å². The van der Waals surface area contributed by atoms with Crippen LogP contribution in [0.15, 0.2) is 54.6 Å². The second-order valence-corrected chi connectivity index (χ2v) is 8.23. The van der Waals surface area contributed by atoms with Crippen molar-refractivity contribution in [3.8, 4) is 22.9 Å². The Morgan fingerprint density at radius 3 is 2.16 bits per heavy atom. The number of hydrogen-bond donors (Lipinski definition) is 5. The molecule has 0 saturated heterocycles. The zero-order chi connectivity index (χ0) is 28.1. The van der Waals surface area contributed by atoms with E-state index >= 15 is 0 Å². The number of nitrogens with zero attached hydrogens (tertiary/aromatic N) is 2. The van der Waals surface area contributed by atoms with Gasteiger partial charge < -0.3 is 25.7 Å². The molecule has 0 atom stereocenters. The maximum absolute atomic E-state index is 12.9. The van der Waals surface area contributed by atoms with Gasteiger partial charge in [-0.2, -0.15) is 5.26 Å². The Hall–Kier alpha value is -5.50. The van der Waals surface area contributed by atoms with E-state index in [1.807, 2.05) is 6.07 Å². The van der Waals surface area contributed by atoms with Gasteiger partial charge in [0.2, 0.25) is 11.8 Å². The second kappa shape index (κ2) is 11.0. The molecule has 0 aliphatic rings. The van der Waals surface area contributed by atoms with E-state index in [0.29, 0.717) is 22.5 Å². The van der Waals surface area contributed by atoms with E-state index in [0.717, 1.165) is 6.07 Å². The predicted octanol–water partition coefficient (Wildman–Crippen LogP) is 3.58. The third-order valence-electron chi connectivity index (χ3n) is 5.59. The molecule has 0 bridgehead atoms. The fraction of sp³-hybridized carbons (Fsp3) is 0.111. The second-order valence-electron chi connectivity index (χ2n) is 8.23. The highest BCUT2D eigenvalue weighted by atomic mass is 16.4. The summed E-state index contributed by atoms with van der Waals surface area (Å²) in [5, 5.41) is 42.6. The number of carboxylic acids is 1. The molecule has 3 aromatic rings. The van der Waals surface area contributed by atoms with Crippen molar-refractivity contribution in [3.63, 3.8) is 0 Å². The SMILES string of the molecule is CC(=O)Nc1ccc(-c2cc(O)c(C(=N)C(=O)Nc3ccc(C#N)cc3C(=O)O)cc2N(C)C(C)=O)cc1. The lowest BCUT2D eigenvalue weighted by Gasteiger charge is -2.22. The molecule has 0 unspecified atom stereocenters. The number of benzene rings is 3. The molecule has 0 aliphatic heterocycles. The lowest BCUT2D eigenvalue weighted by molar-refractivity contribution is -0.116. The normalized spacial score (nSPS) is 10.2. The smallest absolute Gasteiger partial charge is 0.337 e. The van der Waals surface area contributed by atoms with Gasteiger partial charge in [-0.3, -0.25) is 19.8 Å². The molecule has 0 fully saturated rings. The number of nitriles is 1. The van der Waals surface area contributed by atoms with Crippen molar-refractivity contribution >= 4 is 46.5 Å². The molecular formula is C27H23N5O6. The summed E-state index contributed by atoms with van der Waals surface area (Å²) in [6.07, 6.45) is 0. The molecule has 11 heteroatoms. The number of amides is 3. The zero-order valence-corrected chi connectivity index (χ0v) is 20.6. The molecule has 0 heterocycles. The van der Waals surface area contributed by atoms with Crippen molar-refractivity contribution in [1.82, 2.24) is 0 Å². The lowest BCUT2D eigenvalue weighted by Crippen LogP contribution is -2.26. The first-order valence-corrected chi connectivity index (χ1v) is 11.1. The van der Waals surface area contributed by atoms with Gasteiger partial charge in [-0.25, -0.2) is 4.79 Å². The zero-order valence-electron chi connectivity index (χ0n) is 20.6. The van der Waals surface area contributed by atoms with Crippen LogP contribution in [0.4, 0.5) is 17.1 Å². The maximum atomic E-state index is 12.9. The van der Waals surface area contributed by atoms with E-state index < -0.39 is 23.3 Å². The Morgan fingerprint density at radius 2 is 1.61 bits per heavy atom. The van der Waals surface area contributed by atoms with Crippen molar-refractivity contribution in [2.75, 3.05) is 22.6 Å². The molecule has 192 valence electrons. The van der Waals surface area contributed by atoms with Crippen LogP contribution in [-0.4, -0.2) is 46.7 Å². The largest absolute Gasteiger partial charge is 0.507 e. The van der Waals surface area contributed by atoms with Crippen molar-refractivity contribution in [1.29, 1.82) is 10.7 Å². The summed E-state index contributed by atoms with van der Waals surface area (Å²) >= 11 is 0. The highest BCUT2D eigenvalue weighted by Gasteiger charge is 2.23. The molecule has 11 nitrogen and oxygen atoms in total. The molecule has 5 N–H and O–H groups in total. The Bertz CT molecular complexity index is 1520. The number of aromatic hydroxyl groups is 1. The third-order valence-corrected chi connectivity index (χ3v) is 5.59. The summed E-state index contributed by atoms with van der Waals surface area (Å²) in [4.78, 5) is 49.2. The topological polar surface area (TPSA) is 184 Å². The highest BCUT2D eigenvalue weighted by Crippen LogP contribution is 2.37. The quantitative estimate of drug-likeness (QED) is 0.299. The van der Waals surface area contributed by atoms with Crippen molar-refractivity contribution in [3.05, 3.63) is 71.3 Å². The van der Waals surface area contributed by atoms with Gasteiger partial charge in [-0.1, -0.05) is 12.1 Å². The van der Waals surface area contributed by atoms with E-state index in [1.54, 1.807) is 24.3 Å². The first-order valence-electron chi connectivity index (χ1n) is 11.1. The average Bonchev–Trinajstić information content (AvgIpc) is 2.87. The molecular weight excluding hydrogens is 490 g/mol. The number of phenolic OH excluding ortho intramolecular Hbond substituents is 1. The highest BCUT2D eigenvalue weighted by molar-refractivity contribution is 6.48. The molecule has 38 heavy (non-hydrogen) atoms. The molecule has 0 radical (unpaired) electrons. The molecule has 3 aromatic carbocycles. The lowest BCUT2D eigenvalue weighted by atomic mass is 9.97. The minimum Gasteiger partial charge on any atom is -0.507 e. The summed E-state index contributed by atoms with van der Waals surface area (Å²) in [7, 11) is 1.49. The Labute approximate surface area is 217 Å². The molecule has 0 saturated carbocycles. The number of nitrogens with one attached hydrogen (secondary N) is 3. The van der Waals surface area contributed by atoms with E-state index in [-0.39, 0.29) is 34.2 Å². The number of rotatable bonds is 7. The molecule has 0 aromatic heterocycles.